The molecule has 0 aromatic carbocycles. The third-order valence-electron chi connectivity index (χ3n) is 2.99. The fourth-order valence-corrected chi connectivity index (χ4v) is 1.84. The highest BCUT2D eigenvalue weighted by molar-refractivity contribution is 5.65. The zero-order chi connectivity index (χ0) is 12.2. The summed E-state index contributed by atoms with van der Waals surface area (Å²) in [5, 5.41) is 14.7. The highest BCUT2D eigenvalue weighted by Crippen LogP contribution is 2.20. The molecule has 0 aromatic rings. The number of nitrogens with one attached hydrogen (secondary N) is 2. The van der Waals surface area contributed by atoms with Gasteiger partial charge in [0.1, 0.15) is 0 Å². The quantitative estimate of drug-likeness (QED) is 0.662. The third-order valence-corrected chi connectivity index (χ3v) is 2.99. The van der Waals surface area contributed by atoms with Crippen LogP contribution < -0.4 is 10.6 Å². The Morgan fingerprint density at radius 3 is 2.44 bits per heavy atom. The molecule has 94 valence electrons. The molecule has 0 saturated carbocycles. The second-order valence-corrected chi connectivity index (χ2v) is 5.42. The van der Waals surface area contributed by atoms with Crippen LogP contribution in [0.3, 0.4) is 0 Å². The smallest absolute Gasteiger partial charge is 0.404 e. The predicted octanol–water partition coefficient (Wildman–Crippen LogP) is 0.574. The average molecular weight is 229 g/mol. The Labute approximate surface area is 97.2 Å². The second-order valence-electron chi connectivity index (χ2n) is 5.42. The first-order valence-corrected chi connectivity index (χ1v) is 5.82. The minimum atomic E-state index is -0.935. The molecule has 0 spiro atoms. The van der Waals surface area contributed by atoms with Gasteiger partial charge < -0.3 is 15.7 Å². The highest BCUT2D eigenvalue weighted by Gasteiger charge is 2.28. The summed E-state index contributed by atoms with van der Waals surface area (Å²) < 4.78 is 0. The van der Waals surface area contributed by atoms with Crippen LogP contribution in [0.25, 0.3) is 0 Å². The predicted molar refractivity (Wildman–Crippen MR) is 63.7 cm³/mol. The molecule has 5 heteroatoms. The molecule has 0 radical (unpaired) electrons. The lowest BCUT2D eigenvalue weighted by Crippen LogP contribution is -2.54. The Bertz CT molecular complexity index is 232. The fraction of sp³-hybridized carbons (Fsp3) is 0.909. The largest absolute Gasteiger partial charge is 0.465 e. The summed E-state index contributed by atoms with van der Waals surface area (Å²) in [7, 11) is 0. The van der Waals surface area contributed by atoms with Crippen molar-refractivity contribution in [3.63, 3.8) is 0 Å². The molecule has 1 heterocycles. The van der Waals surface area contributed by atoms with Crippen molar-refractivity contribution in [1.82, 2.24) is 15.5 Å². The first kappa shape index (κ1) is 13.3. The lowest BCUT2D eigenvalue weighted by atomic mass is 9.86. The molecular formula is C11H23N3O2. The van der Waals surface area contributed by atoms with Crippen LogP contribution in [0.1, 0.15) is 20.8 Å². The van der Waals surface area contributed by atoms with Crippen molar-refractivity contribution in [3.8, 4) is 0 Å². The van der Waals surface area contributed by atoms with E-state index in [0.29, 0.717) is 0 Å². The molecule has 5 nitrogen and oxygen atoms in total. The zero-order valence-electron chi connectivity index (χ0n) is 10.4. The topological polar surface area (TPSA) is 64.6 Å². The highest BCUT2D eigenvalue weighted by atomic mass is 16.4. The van der Waals surface area contributed by atoms with Crippen molar-refractivity contribution in [1.29, 1.82) is 0 Å². The molecule has 0 aromatic heterocycles. The molecule has 1 fully saturated rings. The van der Waals surface area contributed by atoms with E-state index in [2.05, 4.69) is 36.3 Å². The fourth-order valence-electron chi connectivity index (χ4n) is 1.84. The lowest BCUT2D eigenvalue weighted by Gasteiger charge is -2.36. The van der Waals surface area contributed by atoms with Gasteiger partial charge in [0.2, 0.25) is 0 Å². The van der Waals surface area contributed by atoms with Crippen LogP contribution in [0.2, 0.25) is 0 Å². The molecule has 16 heavy (non-hydrogen) atoms. The number of carboxylic acid groups (broad SMARTS) is 1. The molecule has 1 unspecified atom stereocenters. The summed E-state index contributed by atoms with van der Waals surface area (Å²) in [6.07, 6.45) is -0.935. The van der Waals surface area contributed by atoms with Crippen molar-refractivity contribution in [2.24, 2.45) is 5.41 Å². The lowest BCUT2D eigenvalue weighted by molar-refractivity contribution is 0.142. The van der Waals surface area contributed by atoms with Crippen LogP contribution in [0.5, 0.6) is 0 Å². The van der Waals surface area contributed by atoms with Crippen LogP contribution in [-0.2, 0) is 0 Å². The van der Waals surface area contributed by atoms with Crippen LogP contribution in [0.15, 0.2) is 0 Å². The summed E-state index contributed by atoms with van der Waals surface area (Å²) in [5.74, 6) is 0. The molecule has 1 atom stereocenters. The third kappa shape index (κ3) is 4.37. The summed E-state index contributed by atoms with van der Waals surface area (Å²) in [5.41, 5.74) is -0.0523. The maximum atomic E-state index is 10.8. The average Bonchev–Trinajstić information content (AvgIpc) is 2.16. The van der Waals surface area contributed by atoms with Gasteiger partial charge in [-0.2, -0.15) is 0 Å². The molecule has 1 aliphatic heterocycles. The first-order chi connectivity index (χ1) is 7.39. The van der Waals surface area contributed by atoms with Crippen molar-refractivity contribution < 1.29 is 9.90 Å². The second kappa shape index (κ2) is 5.50. The summed E-state index contributed by atoms with van der Waals surface area (Å²) in [6.45, 7) is 11.0. The standard InChI is InChI=1S/C11H23N3O2/c1-11(2,3)9(13-10(15)16)8-14-6-4-12-5-7-14/h9,12-13H,4-8H2,1-3H3,(H,15,16). The minimum absolute atomic E-state index is 0.0249. The Kier molecular flexibility index (Phi) is 4.56. The van der Waals surface area contributed by atoms with Crippen molar-refractivity contribution >= 4 is 6.09 Å². The number of hydrogen-bond acceptors (Lipinski definition) is 3. The van der Waals surface area contributed by atoms with Gasteiger partial charge in [0, 0.05) is 38.8 Å². The number of piperazine rings is 1. The number of nitrogens with zero attached hydrogens (tertiary/aromatic N) is 1. The van der Waals surface area contributed by atoms with E-state index in [-0.39, 0.29) is 11.5 Å². The van der Waals surface area contributed by atoms with Gasteiger partial charge in [-0.15, -0.1) is 0 Å². The minimum Gasteiger partial charge on any atom is -0.465 e. The first-order valence-electron chi connectivity index (χ1n) is 5.82. The number of amides is 1. The monoisotopic (exact) mass is 229 g/mol. The van der Waals surface area contributed by atoms with E-state index in [0.717, 1.165) is 32.7 Å². The van der Waals surface area contributed by atoms with Gasteiger partial charge in [0.25, 0.3) is 0 Å². The van der Waals surface area contributed by atoms with Gasteiger partial charge in [-0.1, -0.05) is 20.8 Å². The van der Waals surface area contributed by atoms with Gasteiger partial charge in [0.15, 0.2) is 0 Å². The Hall–Kier alpha value is -0.810. The number of carbonyl (C=O) groups is 1. The molecule has 3 N–H and O–H groups in total. The van der Waals surface area contributed by atoms with Gasteiger partial charge in [-0.3, -0.25) is 4.90 Å². The summed E-state index contributed by atoms with van der Waals surface area (Å²) in [6, 6.07) is -0.0249. The van der Waals surface area contributed by atoms with Crippen LogP contribution in [0, 0.1) is 5.41 Å². The number of hydrogen-bond donors (Lipinski definition) is 3. The van der Waals surface area contributed by atoms with Gasteiger partial charge >= 0.3 is 6.09 Å². The van der Waals surface area contributed by atoms with Crippen LogP contribution in [-0.4, -0.2) is 54.9 Å². The van der Waals surface area contributed by atoms with Gasteiger partial charge in [-0.05, 0) is 5.41 Å². The summed E-state index contributed by atoms with van der Waals surface area (Å²) >= 11 is 0. The Balaban J connectivity index is 2.51. The van der Waals surface area contributed by atoms with E-state index in [1.165, 1.54) is 0 Å². The maximum Gasteiger partial charge on any atom is 0.404 e. The van der Waals surface area contributed by atoms with E-state index < -0.39 is 6.09 Å². The molecule has 1 aliphatic rings. The van der Waals surface area contributed by atoms with E-state index in [4.69, 9.17) is 5.11 Å². The Morgan fingerprint density at radius 2 is 2.00 bits per heavy atom. The van der Waals surface area contributed by atoms with E-state index in [9.17, 15) is 4.79 Å². The zero-order valence-corrected chi connectivity index (χ0v) is 10.4. The van der Waals surface area contributed by atoms with E-state index in [1.807, 2.05) is 0 Å². The van der Waals surface area contributed by atoms with Crippen molar-refractivity contribution in [3.05, 3.63) is 0 Å². The Morgan fingerprint density at radius 1 is 1.44 bits per heavy atom. The summed E-state index contributed by atoms with van der Waals surface area (Å²) in [4.78, 5) is 13.1. The number of rotatable bonds is 3. The van der Waals surface area contributed by atoms with Crippen LogP contribution in [0.4, 0.5) is 4.79 Å². The van der Waals surface area contributed by atoms with E-state index >= 15 is 0 Å². The molecule has 1 rings (SSSR count). The van der Waals surface area contributed by atoms with Crippen molar-refractivity contribution in [2.45, 2.75) is 26.8 Å². The van der Waals surface area contributed by atoms with Crippen molar-refractivity contribution in [2.75, 3.05) is 32.7 Å². The molecule has 1 saturated heterocycles. The van der Waals surface area contributed by atoms with Gasteiger partial charge in [-0.25, -0.2) is 4.79 Å². The molecule has 0 aliphatic carbocycles. The molecule has 1 amide bonds. The van der Waals surface area contributed by atoms with Gasteiger partial charge in [0.05, 0.1) is 0 Å². The van der Waals surface area contributed by atoms with Crippen LogP contribution >= 0.6 is 0 Å². The normalized spacial score (nSPS) is 20.4. The SMILES string of the molecule is CC(C)(C)C(CN1CCNCC1)NC(=O)O. The molecule has 0 bridgehead atoms. The van der Waals surface area contributed by atoms with E-state index in [1.54, 1.807) is 0 Å². The molecular weight excluding hydrogens is 206 g/mol. The maximum absolute atomic E-state index is 10.8.